The minimum Gasteiger partial charge on any atom is -0.387 e. The highest BCUT2D eigenvalue weighted by atomic mass is 16.1. The molecule has 1 atom stereocenters. The largest absolute Gasteiger partial charge is 0.387 e. The van der Waals surface area contributed by atoms with Crippen molar-refractivity contribution in [1.82, 2.24) is 10.6 Å². The third kappa shape index (κ3) is 7.69. The van der Waals surface area contributed by atoms with Gasteiger partial charge in [-0.05, 0) is 62.1 Å². The fourth-order valence-corrected chi connectivity index (χ4v) is 5.06. The van der Waals surface area contributed by atoms with Gasteiger partial charge in [0.05, 0.1) is 6.04 Å². The van der Waals surface area contributed by atoms with E-state index < -0.39 is 0 Å². The molecule has 0 bridgehead atoms. The Morgan fingerprint density at radius 1 is 0.938 bits per heavy atom. The van der Waals surface area contributed by atoms with Gasteiger partial charge in [0.1, 0.15) is 11.6 Å². The second-order valence-corrected chi connectivity index (χ2v) is 9.72. The van der Waals surface area contributed by atoms with Crippen LogP contribution in [0.1, 0.15) is 113 Å². The van der Waals surface area contributed by atoms with E-state index in [1.165, 1.54) is 81.8 Å². The van der Waals surface area contributed by atoms with E-state index in [0.717, 1.165) is 31.2 Å². The number of hydrogen-bond acceptors (Lipinski definition) is 3. The lowest BCUT2D eigenvalue weighted by atomic mass is 9.89. The SMILES string of the molecule is CC(NC(=O)/C(C#N)=C\NC1CCCCCCCCCCC1)c1ccc2c(c1)CCCC2. The van der Waals surface area contributed by atoms with E-state index in [1.54, 1.807) is 6.20 Å². The molecule has 1 unspecified atom stereocenters. The molecule has 0 aliphatic heterocycles. The van der Waals surface area contributed by atoms with Gasteiger partial charge in [0.25, 0.3) is 5.91 Å². The topological polar surface area (TPSA) is 64.9 Å². The van der Waals surface area contributed by atoms with E-state index in [0.29, 0.717) is 6.04 Å². The van der Waals surface area contributed by atoms with E-state index in [2.05, 4.69) is 34.9 Å². The van der Waals surface area contributed by atoms with Crippen LogP contribution in [0.15, 0.2) is 30.0 Å². The third-order valence-corrected chi connectivity index (χ3v) is 7.15. The van der Waals surface area contributed by atoms with Crippen molar-refractivity contribution >= 4 is 5.91 Å². The molecule has 0 aromatic heterocycles. The van der Waals surface area contributed by atoms with Gasteiger partial charge in [0, 0.05) is 12.2 Å². The molecule has 3 rings (SSSR count). The van der Waals surface area contributed by atoms with Crippen LogP contribution in [0.4, 0.5) is 0 Å². The van der Waals surface area contributed by atoms with E-state index in [1.807, 2.05) is 6.92 Å². The summed E-state index contributed by atoms with van der Waals surface area (Å²) < 4.78 is 0. The van der Waals surface area contributed by atoms with E-state index in [-0.39, 0.29) is 17.5 Å². The Bertz CT molecular complexity index is 795. The summed E-state index contributed by atoms with van der Waals surface area (Å²) in [5.74, 6) is -0.293. The highest BCUT2D eigenvalue weighted by molar-refractivity contribution is 5.97. The molecule has 1 amide bonds. The molecule has 1 aromatic carbocycles. The molecule has 2 N–H and O–H groups in total. The first-order valence-corrected chi connectivity index (χ1v) is 13.0. The summed E-state index contributed by atoms with van der Waals surface area (Å²) in [5, 5.41) is 16.0. The molecule has 0 spiro atoms. The first-order valence-electron chi connectivity index (χ1n) is 13.0. The molecule has 0 saturated heterocycles. The average Bonchev–Trinajstić information content (AvgIpc) is 2.80. The van der Waals surface area contributed by atoms with Crippen LogP contribution >= 0.6 is 0 Å². The van der Waals surface area contributed by atoms with Crippen molar-refractivity contribution in [2.45, 2.75) is 115 Å². The zero-order valence-corrected chi connectivity index (χ0v) is 19.9. The molecular formula is C28H41N3O. The molecule has 1 fully saturated rings. The Balaban J connectivity index is 1.55. The highest BCUT2D eigenvalue weighted by Crippen LogP contribution is 2.25. The molecule has 2 aliphatic rings. The predicted octanol–water partition coefficient (Wildman–Crippen LogP) is 6.41. The number of carbonyl (C=O) groups is 1. The minimum atomic E-state index is -0.293. The van der Waals surface area contributed by atoms with E-state index in [9.17, 15) is 10.1 Å². The molecule has 2 aliphatic carbocycles. The summed E-state index contributed by atoms with van der Waals surface area (Å²) in [5.41, 5.74) is 4.14. The average molecular weight is 436 g/mol. The normalized spacial score (nSPS) is 20.1. The van der Waals surface area contributed by atoms with Crippen molar-refractivity contribution in [2.75, 3.05) is 0 Å². The number of amides is 1. The van der Waals surface area contributed by atoms with Crippen LogP contribution in [0.25, 0.3) is 0 Å². The lowest BCUT2D eigenvalue weighted by Gasteiger charge is -2.20. The maximum Gasteiger partial charge on any atom is 0.263 e. The Morgan fingerprint density at radius 3 is 2.16 bits per heavy atom. The molecule has 4 heteroatoms. The number of benzene rings is 1. The summed E-state index contributed by atoms with van der Waals surface area (Å²) in [6.45, 7) is 2.00. The molecule has 0 radical (unpaired) electrons. The molecule has 1 aromatic rings. The summed E-state index contributed by atoms with van der Waals surface area (Å²) >= 11 is 0. The second kappa shape index (κ2) is 13.3. The number of rotatable bonds is 5. The van der Waals surface area contributed by atoms with Crippen molar-refractivity contribution in [1.29, 1.82) is 5.26 Å². The molecule has 32 heavy (non-hydrogen) atoms. The lowest BCUT2D eigenvalue weighted by Crippen LogP contribution is -2.30. The first-order chi connectivity index (χ1) is 15.7. The van der Waals surface area contributed by atoms with Gasteiger partial charge >= 0.3 is 0 Å². The predicted molar refractivity (Wildman–Crippen MR) is 131 cm³/mol. The standard InChI is InChI=1S/C28H41N3O/c1-22(24-18-17-23-13-11-12-14-25(23)19-24)31-28(32)26(20-29)21-30-27-15-9-7-5-3-2-4-6-8-10-16-27/h17-19,21-22,27,30H,2-16H2,1H3,(H,31,32)/b26-21-. The monoisotopic (exact) mass is 435 g/mol. The van der Waals surface area contributed by atoms with Crippen molar-refractivity contribution in [3.8, 4) is 6.07 Å². The maximum atomic E-state index is 12.8. The molecule has 174 valence electrons. The molecule has 1 saturated carbocycles. The van der Waals surface area contributed by atoms with Gasteiger partial charge < -0.3 is 10.6 Å². The summed E-state index contributed by atoms with van der Waals surface area (Å²) in [4.78, 5) is 12.8. The van der Waals surface area contributed by atoms with Crippen molar-refractivity contribution in [3.05, 3.63) is 46.7 Å². The third-order valence-electron chi connectivity index (χ3n) is 7.15. The second-order valence-electron chi connectivity index (χ2n) is 9.72. The fourth-order valence-electron chi connectivity index (χ4n) is 5.06. The van der Waals surface area contributed by atoms with Crippen LogP contribution in [0.5, 0.6) is 0 Å². The Morgan fingerprint density at radius 2 is 1.53 bits per heavy atom. The highest BCUT2D eigenvalue weighted by Gasteiger charge is 2.17. The quantitative estimate of drug-likeness (QED) is 0.415. The van der Waals surface area contributed by atoms with Gasteiger partial charge in [-0.2, -0.15) is 5.26 Å². The number of carbonyl (C=O) groups excluding carboxylic acids is 1. The van der Waals surface area contributed by atoms with Crippen LogP contribution in [-0.4, -0.2) is 11.9 Å². The van der Waals surface area contributed by atoms with Crippen molar-refractivity contribution < 1.29 is 4.79 Å². The van der Waals surface area contributed by atoms with Crippen molar-refractivity contribution in [2.24, 2.45) is 0 Å². The van der Waals surface area contributed by atoms with Crippen molar-refractivity contribution in [3.63, 3.8) is 0 Å². The van der Waals surface area contributed by atoms with Gasteiger partial charge in [0.15, 0.2) is 0 Å². The smallest absolute Gasteiger partial charge is 0.263 e. The summed E-state index contributed by atoms with van der Waals surface area (Å²) in [6, 6.07) is 8.90. The minimum absolute atomic E-state index is 0.118. The van der Waals surface area contributed by atoms with Gasteiger partial charge in [-0.3, -0.25) is 4.79 Å². The van der Waals surface area contributed by atoms with Gasteiger partial charge in [-0.1, -0.05) is 76.0 Å². The van der Waals surface area contributed by atoms with Crippen LogP contribution in [0.3, 0.4) is 0 Å². The van der Waals surface area contributed by atoms with E-state index >= 15 is 0 Å². The Hall–Kier alpha value is -2.28. The lowest BCUT2D eigenvalue weighted by molar-refractivity contribution is -0.117. The van der Waals surface area contributed by atoms with Crippen LogP contribution in [0, 0.1) is 11.3 Å². The van der Waals surface area contributed by atoms with Gasteiger partial charge in [-0.15, -0.1) is 0 Å². The zero-order valence-electron chi connectivity index (χ0n) is 19.9. The van der Waals surface area contributed by atoms with E-state index in [4.69, 9.17) is 0 Å². The fraction of sp³-hybridized carbons (Fsp3) is 0.643. The van der Waals surface area contributed by atoms with Gasteiger partial charge in [0.2, 0.25) is 0 Å². The Kier molecular flexibility index (Phi) is 10.1. The molecular weight excluding hydrogens is 394 g/mol. The Labute approximate surface area is 194 Å². The molecule has 0 heterocycles. The van der Waals surface area contributed by atoms with Crippen LogP contribution < -0.4 is 10.6 Å². The number of aryl methyl sites for hydroxylation is 2. The van der Waals surface area contributed by atoms with Gasteiger partial charge in [-0.25, -0.2) is 0 Å². The summed E-state index contributed by atoms with van der Waals surface area (Å²) in [6.07, 6.45) is 20.4. The number of nitriles is 1. The van der Waals surface area contributed by atoms with Crippen LogP contribution in [-0.2, 0) is 17.6 Å². The number of hydrogen-bond donors (Lipinski definition) is 2. The maximum absolute atomic E-state index is 12.8. The first kappa shape index (κ1) is 24.4. The number of nitrogens with one attached hydrogen (secondary N) is 2. The number of fused-ring (bicyclic) bond motifs is 1. The zero-order chi connectivity index (χ0) is 22.6. The van der Waals surface area contributed by atoms with Crippen LogP contribution in [0.2, 0.25) is 0 Å². The molecule has 4 nitrogen and oxygen atoms in total. The summed E-state index contributed by atoms with van der Waals surface area (Å²) in [7, 11) is 0. The number of nitrogens with zero attached hydrogens (tertiary/aromatic N) is 1.